The number of hydrogen-bond donors (Lipinski definition) is 0. The monoisotopic (exact) mass is 398 g/mol. The molecular weight excluding hydrogens is 379 g/mol. The van der Waals surface area contributed by atoms with Crippen LogP contribution in [-0.4, -0.2) is 38.9 Å². The molecule has 0 bridgehead atoms. The van der Waals surface area contributed by atoms with Crippen molar-refractivity contribution in [2.75, 3.05) is 31.1 Å². The van der Waals surface area contributed by atoms with Gasteiger partial charge in [0, 0.05) is 26.2 Å². The van der Waals surface area contributed by atoms with Gasteiger partial charge in [-0.1, -0.05) is 41.4 Å². The Hall–Kier alpha value is -1.27. The maximum absolute atomic E-state index is 13.0. The molecule has 1 aliphatic heterocycles. The molecule has 1 fully saturated rings. The van der Waals surface area contributed by atoms with E-state index in [0.29, 0.717) is 41.1 Å². The summed E-state index contributed by atoms with van der Waals surface area (Å²) in [6, 6.07) is 10.9. The number of halogens is 2. The molecule has 0 amide bonds. The molecule has 1 aliphatic rings. The summed E-state index contributed by atoms with van der Waals surface area (Å²) in [7, 11) is -3.50. The van der Waals surface area contributed by atoms with Crippen LogP contribution in [0.15, 0.2) is 41.3 Å². The minimum atomic E-state index is -3.50. The van der Waals surface area contributed by atoms with Gasteiger partial charge in [-0.3, -0.25) is 0 Å². The summed E-state index contributed by atoms with van der Waals surface area (Å²) < 4.78 is 27.5. The number of benzene rings is 2. The lowest BCUT2D eigenvalue weighted by Gasteiger charge is -2.36. The summed E-state index contributed by atoms with van der Waals surface area (Å²) in [5, 5.41) is 1.16. The molecule has 0 spiro atoms. The minimum Gasteiger partial charge on any atom is -0.366 e. The van der Waals surface area contributed by atoms with Gasteiger partial charge in [0.05, 0.1) is 20.6 Å². The summed E-state index contributed by atoms with van der Waals surface area (Å²) in [5.41, 5.74) is 2.47. The Balaban J connectivity index is 1.81. The van der Waals surface area contributed by atoms with Crippen LogP contribution in [0.5, 0.6) is 0 Å². The fourth-order valence-electron chi connectivity index (χ4n) is 3.07. The normalized spacial score (nSPS) is 16.2. The third-order valence-electron chi connectivity index (χ3n) is 4.45. The lowest BCUT2D eigenvalue weighted by atomic mass is 10.2. The maximum Gasteiger partial charge on any atom is 0.243 e. The van der Waals surface area contributed by atoms with Crippen molar-refractivity contribution < 1.29 is 8.42 Å². The second-order valence-corrected chi connectivity index (χ2v) is 8.95. The standard InChI is InChI=1S/C18H20Cl2N2O2S/c1-13-6-7-14(2)17(12-13)25(23,24)22-10-8-21(9-11-22)18-15(19)4-3-5-16(18)20/h3-7,12H,8-11H2,1-2H3. The highest BCUT2D eigenvalue weighted by atomic mass is 35.5. The van der Waals surface area contributed by atoms with Crippen LogP contribution in [0, 0.1) is 13.8 Å². The van der Waals surface area contributed by atoms with E-state index in [0.717, 1.165) is 16.8 Å². The SMILES string of the molecule is Cc1ccc(C)c(S(=O)(=O)N2CCN(c3c(Cl)cccc3Cl)CC2)c1. The molecular formula is C18H20Cl2N2O2S. The van der Waals surface area contributed by atoms with Crippen molar-refractivity contribution in [2.24, 2.45) is 0 Å². The van der Waals surface area contributed by atoms with Gasteiger partial charge < -0.3 is 4.90 Å². The van der Waals surface area contributed by atoms with Crippen molar-refractivity contribution in [1.82, 2.24) is 4.31 Å². The second-order valence-electron chi connectivity index (χ2n) is 6.23. The van der Waals surface area contributed by atoms with Gasteiger partial charge in [-0.05, 0) is 43.2 Å². The van der Waals surface area contributed by atoms with E-state index in [1.165, 1.54) is 4.31 Å². The number of piperazine rings is 1. The van der Waals surface area contributed by atoms with Gasteiger partial charge in [-0.2, -0.15) is 4.31 Å². The average molecular weight is 399 g/mol. The van der Waals surface area contributed by atoms with E-state index in [2.05, 4.69) is 0 Å². The summed E-state index contributed by atoms with van der Waals surface area (Å²) in [6.45, 7) is 5.62. The van der Waals surface area contributed by atoms with Gasteiger partial charge in [0.2, 0.25) is 10.0 Å². The number of hydrogen-bond acceptors (Lipinski definition) is 3. The van der Waals surface area contributed by atoms with Crippen LogP contribution < -0.4 is 4.90 Å². The second kappa shape index (κ2) is 7.16. The Kier molecular flexibility index (Phi) is 5.30. The molecule has 0 aromatic heterocycles. The molecule has 134 valence electrons. The van der Waals surface area contributed by atoms with Crippen molar-refractivity contribution >= 4 is 38.9 Å². The first-order valence-corrected chi connectivity index (χ1v) is 10.3. The quantitative estimate of drug-likeness (QED) is 0.780. The van der Waals surface area contributed by atoms with Crippen LogP contribution in [-0.2, 0) is 10.0 Å². The highest BCUT2D eigenvalue weighted by Crippen LogP contribution is 2.34. The zero-order valence-corrected chi connectivity index (χ0v) is 16.5. The van der Waals surface area contributed by atoms with Crippen LogP contribution in [0.1, 0.15) is 11.1 Å². The predicted molar refractivity (Wildman–Crippen MR) is 103 cm³/mol. The summed E-state index contributed by atoms with van der Waals surface area (Å²) in [6.07, 6.45) is 0. The summed E-state index contributed by atoms with van der Waals surface area (Å²) >= 11 is 12.5. The molecule has 2 aromatic rings. The number of anilines is 1. The first-order chi connectivity index (χ1) is 11.8. The van der Waals surface area contributed by atoms with Crippen molar-refractivity contribution in [3.8, 4) is 0 Å². The molecule has 0 saturated carbocycles. The molecule has 0 radical (unpaired) electrons. The van der Waals surface area contributed by atoms with Crippen molar-refractivity contribution in [2.45, 2.75) is 18.7 Å². The van der Waals surface area contributed by atoms with Gasteiger partial charge in [-0.25, -0.2) is 8.42 Å². The summed E-state index contributed by atoms with van der Waals surface area (Å²) in [4.78, 5) is 2.43. The van der Waals surface area contributed by atoms with E-state index >= 15 is 0 Å². The zero-order chi connectivity index (χ0) is 18.2. The summed E-state index contributed by atoms with van der Waals surface area (Å²) in [5.74, 6) is 0. The highest BCUT2D eigenvalue weighted by Gasteiger charge is 2.30. The fourth-order valence-corrected chi connectivity index (χ4v) is 5.44. The molecule has 3 rings (SSSR count). The Morgan fingerprint density at radius 1 is 0.920 bits per heavy atom. The van der Waals surface area contributed by atoms with Gasteiger partial charge >= 0.3 is 0 Å². The van der Waals surface area contributed by atoms with E-state index < -0.39 is 10.0 Å². The molecule has 0 unspecified atom stereocenters. The van der Waals surface area contributed by atoms with Gasteiger partial charge in [0.15, 0.2) is 0 Å². The topological polar surface area (TPSA) is 40.6 Å². The van der Waals surface area contributed by atoms with E-state index in [9.17, 15) is 8.42 Å². The number of para-hydroxylation sites is 1. The van der Waals surface area contributed by atoms with Gasteiger partial charge in [-0.15, -0.1) is 0 Å². The van der Waals surface area contributed by atoms with Crippen LogP contribution in [0.25, 0.3) is 0 Å². The van der Waals surface area contributed by atoms with Crippen LogP contribution >= 0.6 is 23.2 Å². The van der Waals surface area contributed by atoms with E-state index in [4.69, 9.17) is 23.2 Å². The van der Waals surface area contributed by atoms with Gasteiger partial charge in [0.1, 0.15) is 0 Å². The first kappa shape index (κ1) is 18.5. The molecule has 0 atom stereocenters. The predicted octanol–water partition coefficient (Wildman–Crippen LogP) is 4.12. The number of nitrogens with zero attached hydrogens (tertiary/aromatic N) is 2. The van der Waals surface area contributed by atoms with E-state index in [1.807, 2.05) is 30.9 Å². The lowest BCUT2D eigenvalue weighted by molar-refractivity contribution is 0.384. The molecule has 25 heavy (non-hydrogen) atoms. The smallest absolute Gasteiger partial charge is 0.243 e. The van der Waals surface area contributed by atoms with Crippen molar-refractivity contribution in [3.05, 3.63) is 57.6 Å². The molecule has 4 nitrogen and oxygen atoms in total. The average Bonchev–Trinajstić information content (AvgIpc) is 2.57. The molecule has 0 aliphatic carbocycles. The molecule has 7 heteroatoms. The maximum atomic E-state index is 13.0. The molecule has 1 saturated heterocycles. The van der Waals surface area contributed by atoms with E-state index in [-0.39, 0.29) is 0 Å². The Bertz CT molecular complexity index is 872. The molecule has 1 heterocycles. The Morgan fingerprint density at radius 2 is 1.52 bits per heavy atom. The third kappa shape index (κ3) is 3.65. The number of sulfonamides is 1. The van der Waals surface area contributed by atoms with Gasteiger partial charge in [0.25, 0.3) is 0 Å². The van der Waals surface area contributed by atoms with Crippen molar-refractivity contribution in [3.63, 3.8) is 0 Å². The molecule has 0 N–H and O–H groups in total. The Labute approximate surface area is 159 Å². The minimum absolute atomic E-state index is 0.386. The van der Waals surface area contributed by atoms with Crippen LogP contribution in [0.4, 0.5) is 5.69 Å². The third-order valence-corrected chi connectivity index (χ3v) is 7.10. The Morgan fingerprint density at radius 3 is 2.12 bits per heavy atom. The molecule has 2 aromatic carbocycles. The van der Waals surface area contributed by atoms with Crippen LogP contribution in [0.2, 0.25) is 10.0 Å². The zero-order valence-electron chi connectivity index (χ0n) is 14.2. The van der Waals surface area contributed by atoms with Crippen LogP contribution in [0.3, 0.4) is 0 Å². The number of rotatable bonds is 3. The van der Waals surface area contributed by atoms with E-state index in [1.54, 1.807) is 24.3 Å². The number of aryl methyl sites for hydroxylation is 2. The van der Waals surface area contributed by atoms with Crippen molar-refractivity contribution in [1.29, 1.82) is 0 Å². The fraction of sp³-hybridized carbons (Fsp3) is 0.333. The highest BCUT2D eigenvalue weighted by molar-refractivity contribution is 7.89. The largest absolute Gasteiger partial charge is 0.366 e. The lowest BCUT2D eigenvalue weighted by Crippen LogP contribution is -2.49. The first-order valence-electron chi connectivity index (χ1n) is 8.07.